The van der Waals surface area contributed by atoms with E-state index in [1.165, 1.54) is 0 Å². The molecule has 0 saturated carbocycles. The van der Waals surface area contributed by atoms with E-state index >= 15 is 0 Å². The van der Waals surface area contributed by atoms with Crippen molar-refractivity contribution in [2.24, 2.45) is 5.92 Å². The lowest BCUT2D eigenvalue weighted by atomic mass is 10.0. The molecule has 3 N–H and O–H groups in total. The van der Waals surface area contributed by atoms with E-state index in [2.05, 4.69) is 20.8 Å². The van der Waals surface area contributed by atoms with Gasteiger partial charge in [0, 0.05) is 13.6 Å². The molecule has 0 bridgehead atoms. The van der Waals surface area contributed by atoms with Crippen LogP contribution in [0.15, 0.2) is 6.20 Å². The van der Waals surface area contributed by atoms with Gasteiger partial charge in [0.2, 0.25) is 18.3 Å². The van der Waals surface area contributed by atoms with Crippen molar-refractivity contribution in [3.8, 4) is 0 Å². The summed E-state index contributed by atoms with van der Waals surface area (Å²) >= 11 is 0. The number of carbonyl (C=O) groups is 2. The number of anilines is 2. The van der Waals surface area contributed by atoms with Crippen molar-refractivity contribution in [1.29, 1.82) is 0 Å². The Morgan fingerprint density at radius 1 is 1.42 bits per heavy atom. The third-order valence-electron chi connectivity index (χ3n) is 3.92. The molecule has 0 unspecified atom stereocenters. The van der Waals surface area contributed by atoms with Crippen LogP contribution in [0, 0.1) is 11.7 Å². The van der Waals surface area contributed by atoms with Gasteiger partial charge in [-0.15, -0.1) is 0 Å². The van der Waals surface area contributed by atoms with Crippen molar-refractivity contribution < 1.29 is 19.2 Å². The topological polar surface area (TPSA) is 111 Å². The number of carbonyl (C=O) groups excluding carboxylic acids is 2. The number of hydrogen-bond acceptors (Lipinski definition) is 7. The minimum Gasteiger partial charge on any atom is -0.357 e. The third kappa shape index (κ3) is 6.79. The Bertz CT molecular complexity index is 589. The SMILES string of the molecule is CCCCC[C@H](CN(O)C=O)C(=O)NNc1ncc(F)c(N(C)CC)n1. The maximum absolute atomic E-state index is 13.7. The van der Waals surface area contributed by atoms with Gasteiger partial charge in [0.05, 0.1) is 18.7 Å². The van der Waals surface area contributed by atoms with Crippen LogP contribution in [0.25, 0.3) is 0 Å². The zero-order valence-corrected chi connectivity index (χ0v) is 15.4. The first kappa shape index (κ1) is 21.6. The molecular weight excluding hydrogens is 343 g/mol. The Morgan fingerprint density at radius 3 is 2.77 bits per heavy atom. The normalized spacial score (nSPS) is 11.6. The molecule has 1 atom stereocenters. The van der Waals surface area contributed by atoms with E-state index in [1.807, 2.05) is 13.8 Å². The van der Waals surface area contributed by atoms with E-state index < -0.39 is 17.6 Å². The molecule has 0 spiro atoms. The maximum Gasteiger partial charge on any atom is 0.243 e. The number of hydroxylamine groups is 2. The van der Waals surface area contributed by atoms with Crippen molar-refractivity contribution in [3.05, 3.63) is 12.0 Å². The number of nitrogens with one attached hydrogen (secondary N) is 2. The second-order valence-electron chi connectivity index (χ2n) is 5.91. The Morgan fingerprint density at radius 2 is 2.15 bits per heavy atom. The summed E-state index contributed by atoms with van der Waals surface area (Å²) in [4.78, 5) is 32.4. The van der Waals surface area contributed by atoms with Gasteiger partial charge >= 0.3 is 0 Å². The van der Waals surface area contributed by atoms with Crippen LogP contribution in [0.4, 0.5) is 16.2 Å². The predicted octanol–water partition coefficient (Wildman–Crippen LogP) is 1.56. The molecular formula is C16H27FN6O3. The van der Waals surface area contributed by atoms with Crippen LogP contribution in [0.1, 0.15) is 39.5 Å². The highest BCUT2D eigenvalue weighted by atomic mass is 19.1. The Kier molecular flexibility index (Phi) is 9.27. The quantitative estimate of drug-likeness (QED) is 0.222. The van der Waals surface area contributed by atoms with Gasteiger partial charge in [-0.3, -0.25) is 25.6 Å². The smallest absolute Gasteiger partial charge is 0.243 e. The second-order valence-corrected chi connectivity index (χ2v) is 5.91. The van der Waals surface area contributed by atoms with Crippen LogP contribution in [-0.4, -0.2) is 52.7 Å². The van der Waals surface area contributed by atoms with E-state index in [4.69, 9.17) is 0 Å². The van der Waals surface area contributed by atoms with Crippen molar-refractivity contribution in [1.82, 2.24) is 20.5 Å². The molecule has 0 aliphatic carbocycles. The molecule has 0 aliphatic rings. The van der Waals surface area contributed by atoms with E-state index in [-0.39, 0.29) is 24.7 Å². The molecule has 1 aromatic heterocycles. The highest BCUT2D eigenvalue weighted by molar-refractivity contribution is 5.80. The molecule has 1 aromatic rings. The number of unbranched alkanes of at least 4 members (excludes halogenated alkanes) is 2. The standard InChI is InChI=1S/C16H27FN6O3/c1-4-6-7-8-12(10-23(26)11-24)15(25)20-21-16-18-9-13(17)14(19-16)22(3)5-2/h9,11-12,26H,4-8,10H2,1-3H3,(H,20,25)(H,18,19,21)/t12-/m1/s1. The first-order chi connectivity index (χ1) is 12.4. The first-order valence-electron chi connectivity index (χ1n) is 8.63. The first-order valence-corrected chi connectivity index (χ1v) is 8.63. The van der Waals surface area contributed by atoms with E-state index in [0.717, 1.165) is 25.5 Å². The number of hydrazine groups is 1. The molecule has 0 fully saturated rings. The molecule has 0 aliphatic heterocycles. The van der Waals surface area contributed by atoms with Gasteiger partial charge in [-0.1, -0.05) is 26.2 Å². The molecule has 0 aromatic carbocycles. The molecule has 0 saturated heterocycles. The minimum atomic E-state index is -0.595. The van der Waals surface area contributed by atoms with Gasteiger partial charge in [0.15, 0.2) is 11.6 Å². The zero-order valence-electron chi connectivity index (χ0n) is 15.4. The lowest BCUT2D eigenvalue weighted by Gasteiger charge is -2.20. The van der Waals surface area contributed by atoms with Crippen LogP contribution >= 0.6 is 0 Å². The molecule has 26 heavy (non-hydrogen) atoms. The van der Waals surface area contributed by atoms with Crippen molar-refractivity contribution in [3.63, 3.8) is 0 Å². The van der Waals surface area contributed by atoms with E-state index in [1.54, 1.807) is 11.9 Å². The Labute approximate surface area is 152 Å². The molecule has 2 amide bonds. The summed E-state index contributed by atoms with van der Waals surface area (Å²) in [6, 6.07) is 0. The van der Waals surface area contributed by atoms with Crippen LogP contribution in [0.2, 0.25) is 0 Å². The summed E-state index contributed by atoms with van der Waals surface area (Å²) in [6.45, 7) is 4.33. The lowest BCUT2D eigenvalue weighted by Crippen LogP contribution is -2.40. The van der Waals surface area contributed by atoms with Gasteiger partial charge in [-0.2, -0.15) is 4.98 Å². The van der Waals surface area contributed by atoms with Crippen LogP contribution < -0.4 is 15.8 Å². The fraction of sp³-hybridized carbons (Fsp3) is 0.625. The summed E-state index contributed by atoms with van der Waals surface area (Å²) in [5.41, 5.74) is 5.00. The van der Waals surface area contributed by atoms with Gasteiger partial charge in [-0.25, -0.2) is 14.4 Å². The summed E-state index contributed by atoms with van der Waals surface area (Å²) in [5.74, 6) is -1.42. The number of nitrogens with zero attached hydrogens (tertiary/aromatic N) is 4. The van der Waals surface area contributed by atoms with Gasteiger partial charge < -0.3 is 4.90 Å². The van der Waals surface area contributed by atoms with Crippen molar-refractivity contribution in [2.75, 3.05) is 30.5 Å². The molecule has 1 heterocycles. The van der Waals surface area contributed by atoms with Crippen molar-refractivity contribution >= 4 is 24.1 Å². The summed E-state index contributed by atoms with van der Waals surface area (Å²) in [5, 5.41) is 9.81. The highest BCUT2D eigenvalue weighted by Crippen LogP contribution is 2.15. The predicted molar refractivity (Wildman–Crippen MR) is 94.9 cm³/mol. The van der Waals surface area contributed by atoms with Crippen LogP contribution in [0.5, 0.6) is 0 Å². The second kappa shape index (κ2) is 11.2. The zero-order chi connectivity index (χ0) is 19.5. The molecule has 1 rings (SSSR count). The van der Waals surface area contributed by atoms with Crippen LogP contribution in [0.3, 0.4) is 0 Å². The average Bonchev–Trinajstić information content (AvgIpc) is 2.65. The highest BCUT2D eigenvalue weighted by Gasteiger charge is 2.21. The fourth-order valence-corrected chi connectivity index (χ4v) is 2.27. The average molecular weight is 370 g/mol. The fourth-order valence-electron chi connectivity index (χ4n) is 2.27. The van der Waals surface area contributed by atoms with Crippen molar-refractivity contribution in [2.45, 2.75) is 39.5 Å². The number of aromatic nitrogens is 2. The number of amides is 2. The van der Waals surface area contributed by atoms with Gasteiger partial charge in [0.25, 0.3) is 0 Å². The minimum absolute atomic E-state index is 0.0404. The Hall–Kier alpha value is -2.49. The summed E-state index contributed by atoms with van der Waals surface area (Å²) in [7, 11) is 1.69. The number of rotatable bonds is 12. The molecule has 10 heteroatoms. The number of hydrogen-bond donors (Lipinski definition) is 3. The molecule has 9 nitrogen and oxygen atoms in total. The van der Waals surface area contributed by atoms with E-state index in [9.17, 15) is 19.2 Å². The van der Waals surface area contributed by atoms with E-state index in [0.29, 0.717) is 18.0 Å². The third-order valence-corrected chi connectivity index (χ3v) is 3.92. The lowest BCUT2D eigenvalue weighted by molar-refractivity contribution is -0.154. The molecule has 0 radical (unpaired) electrons. The maximum atomic E-state index is 13.7. The largest absolute Gasteiger partial charge is 0.357 e. The molecule has 146 valence electrons. The monoisotopic (exact) mass is 370 g/mol. The summed E-state index contributed by atoms with van der Waals surface area (Å²) in [6.07, 6.45) is 4.50. The van der Waals surface area contributed by atoms with Gasteiger partial charge in [0.1, 0.15) is 0 Å². The number of halogens is 1. The Balaban J connectivity index is 2.72. The summed E-state index contributed by atoms with van der Waals surface area (Å²) < 4.78 is 13.7. The van der Waals surface area contributed by atoms with Crippen LogP contribution in [-0.2, 0) is 9.59 Å². The van der Waals surface area contributed by atoms with Gasteiger partial charge in [-0.05, 0) is 13.3 Å².